The van der Waals surface area contributed by atoms with Gasteiger partial charge in [0.2, 0.25) is 0 Å². The van der Waals surface area contributed by atoms with E-state index in [1.165, 1.54) is 0 Å². The van der Waals surface area contributed by atoms with Crippen LogP contribution in [-0.4, -0.2) is 22.2 Å². The summed E-state index contributed by atoms with van der Waals surface area (Å²) in [5.74, 6) is 0.292. The molecule has 1 heterocycles. The average Bonchev–Trinajstić information content (AvgIpc) is 2.76. The topological polar surface area (TPSA) is 45.1 Å². The van der Waals surface area contributed by atoms with Gasteiger partial charge in [-0.3, -0.25) is 0 Å². The molecular formula is C15H28N2OS. The summed E-state index contributed by atoms with van der Waals surface area (Å²) in [6.45, 7) is 13.9. The first kappa shape index (κ1) is 16.6. The second-order valence-corrected chi connectivity index (χ2v) is 7.52. The van der Waals surface area contributed by atoms with Crippen LogP contribution in [-0.2, 0) is 12.0 Å². The van der Waals surface area contributed by atoms with E-state index in [2.05, 4.69) is 50.3 Å². The van der Waals surface area contributed by atoms with Crippen LogP contribution in [0.5, 0.6) is 0 Å². The van der Waals surface area contributed by atoms with Crippen LogP contribution in [0.15, 0.2) is 5.38 Å². The Kier molecular flexibility index (Phi) is 5.53. The summed E-state index contributed by atoms with van der Waals surface area (Å²) in [6, 6.07) is 0. The molecule has 1 aromatic heterocycles. The minimum Gasteiger partial charge on any atom is -0.389 e. The summed E-state index contributed by atoms with van der Waals surface area (Å²) in [7, 11) is 0. The molecule has 0 spiro atoms. The Morgan fingerprint density at radius 3 is 2.47 bits per heavy atom. The van der Waals surface area contributed by atoms with Crippen LogP contribution >= 0.6 is 11.3 Å². The van der Waals surface area contributed by atoms with Gasteiger partial charge in [-0.1, -0.05) is 41.0 Å². The van der Waals surface area contributed by atoms with E-state index < -0.39 is 5.60 Å². The minimum atomic E-state index is -0.655. The van der Waals surface area contributed by atoms with Crippen molar-refractivity contribution >= 4 is 11.3 Å². The molecule has 3 nitrogen and oxygen atoms in total. The molecule has 1 aromatic rings. The molecule has 19 heavy (non-hydrogen) atoms. The number of thiazole rings is 1. The van der Waals surface area contributed by atoms with Gasteiger partial charge in [0.05, 0.1) is 16.3 Å². The van der Waals surface area contributed by atoms with Crippen molar-refractivity contribution in [3.63, 3.8) is 0 Å². The molecular weight excluding hydrogens is 256 g/mol. The molecule has 0 aliphatic heterocycles. The Hall–Kier alpha value is -0.450. The van der Waals surface area contributed by atoms with Crippen molar-refractivity contribution in [2.75, 3.05) is 6.54 Å². The maximum absolute atomic E-state index is 10.3. The Labute approximate surface area is 121 Å². The molecule has 2 N–H and O–H groups in total. The van der Waals surface area contributed by atoms with Crippen LogP contribution in [0.2, 0.25) is 0 Å². The molecule has 0 bridgehead atoms. The van der Waals surface area contributed by atoms with E-state index >= 15 is 0 Å². The maximum atomic E-state index is 10.3. The van der Waals surface area contributed by atoms with E-state index in [0.717, 1.165) is 23.7 Å². The second kappa shape index (κ2) is 6.33. The Bertz CT molecular complexity index is 393. The van der Waals surface area contributed by atoms with Crippen LogP contribution in [0.4, 0.5) is 0 Å². The lowest BCUT2D eigenvalue weighted by Gasteiger charge is -2.29. The van der Waals surface area contributed by atoms with Crippen LogP contribution < -0.4 is 5.32 Å². The van der Waals surface area contributed by atoms with E-state index in [1.54, 1.807) is 11.3 Å². The maximum Gasteiger partial charge on any atom is 0.0982 e. The van der Waals surface area contributed by atoms with Crippen LogP contribution in [0.1, 0.15) is 58.7 Å². The van der Waals surface area contributed by atoms with Crippen LogP contribution in [0.25, 0.3) is 0 Å². The minimum absolute atomic E-state index is 0.116. The van der Waals surface area contributed by atoms with Crippen LogP contribution in [0.3, 0.4) is 0 Å². The molecule has 0 aliphatic rings. The molecule has 2 atom stereocenters. The van der Waals surface area contributed by atoms with Gasteiger partial charge in [-0.05, 0) is 12.8 Å². The van der Waals surface area contributed by atoms with Crippen molar-refractivity contribution in [1.82, 2.24) is 10.3 Å². The zero-order valence-corrected chi connectivity index (χ0v) is 13.9. The van der Waals surface area contributed by atoms with Gasteiger partial charge >= 0.3 is 0 Å². The molecule has 0 radical (unpaired) electrons. The highest BCUT2D eigenvalue weighted by Gasteiger charge is 2.26. The fourth-order valence-corrected chi connectivity index (χ4v) is 2.70. The van der Waals surface area contributed by atoms with Gasteiger partial charge in [0, 0.05) is 23.9 Å². The smallest absolute Gasteiger partial charge is 0.0982 e. The molecule has 0 amide bonds. The quantitative estimate of drug-likeness (QED) is 0.842. The van der Waals surface area contributed by atoms with E-state index in [0.29, 0.717) is 12.5 Å². The highest BCUT2D eigenvalue weighted by Crippen LogP contribution is 2.25. The second-order valence-electron chi connectivity index (χ2n) is 6.66. The first-order chi connectivity index (χ1) is 8.66. The molecule has 0 aliphatic carbocycles. The summed E-state index contributed by atoms with van der Waals surface area (Å²) in [4.78, 5) is 4.64. The van der Waals surface area contributed by atoms with Gasteiger partial charge in [0.15, 0.2) is 0 Å². The number of aromatic nitrogens is 1. The predicted molar refractivity (Wildman–Crippen MR) is 82.6 cm³/mol. The lowest BCUT2D eigenvalue weighted by molar-refractivity contribution is 0.00529. The van der Waals surface area contributed by atoms with Gasteiger partial charge in [-0.2, -0.15) is 0 Å². The molecule has 0 saturated carbocycles. The summed E-state index contributed by atoms with van der Waals surface area (Å²) in [6.07, 6.45) is 0.986. The van der Waals surface area contributed by atoms with Crippen molar-refractivity contribution < 1.29 is 5.11 Å². The molecule has 1 rings (SSSR count). The number of aliphatic hydroxyl groups is 1. The van der Waals surface area contributed by atoms with Gasteiger partial charge < -0.3 is 10.4 Å². The normalized spacial score (nSPS) is 17.2. The Morgan fingerprint density at radius 1 is 1.37 bits per heavy atom. The van der Waals surface area contributed by atoms with E-state index in [4.69, 9.17) is 0 Å². The van der Waals surface area contributed by atoms with Crippen molar-refractivity contribution in [3.05, 3.63) is 16.1 Å². The summed E-state index contributed by atoms with van der Waals surface area (Å²) in [5.41, 5.74) is 0.526. The van der Waals surface area contributed by atoms with Crippen molar-refractivity contribution in [3.8, 4) is 0 Å². The van der Waals surface area contributed by atoms with Gasteiger partial charge in [-0.15, -0.1) is 11.3 Å². The molecule has 4 heteroatoms. The SMILES string of the molecule is CCC(C)C(C)(O)CNCc1csc(C(C)(C)C)n1. The largest absolute Gasteiger partial charge is 0.389 e. The van der Waals surface area contributed by atoms with Gasteiger partial charge in [-0.25, -0.2) is 4.98 Å². The zero-order valence-electron chi connectivity index (χ0n) is 13.1. The van der Waals surface area contributed by atoms with Crippen molar-refractivity contribution in [2.24, 2.45) is 5.92 Å². The summed E-state index contributed by atoms with van der Waals surface area (Å²) >= 11 is 1.71. The molecule has 110 valence electrons. The highest BCUT2D eigenvalue weighted by atomic mass is 32.1. The molecule has 0 fully saturated rings. The lowest BCUT2D eigenvalue weighted by atomic mass is 9.89. The van der Waals surface area contributed by atoms with E-state index in [1.807, 2.05) is 6.92 Å². The fourth-order valence-electron chi connectivity index (χ4n) is 1.79. The third kappa shape index (κ3) is 4.86. The van der Waals surface area contributed by atoms with Gasteiger partial charge in [0.25, 0.3) is 0 Å². The number of rotatable bonds is 6. The monoisotopic (exact) mass is 284 g/mol. The third-order valence-corrected chi connectivity index (χ3v) is 4.97. The van der Waals surface area contributed by atoms with E-state index in [9.17, 15) is 5.11 Å². The van der Waals surface area contributed by atoms with Crippen molar-refractivity contribution in [1.29, 1.82) is 0 Å². The number of hydrogen-bond acceptors (Lipinski definition) is 4. The number of nitrogens with zero attached hydrogens (tertiary/aromatic N) is 1. The van der Waals surface area contributed by atoms with Crippen molar-refractivity contribution in [2.45, 2.75) is 65.5 Å². The Morgan fingerprint density at radius 2 is 2.00 bits per heavy atom. The number of nitrogens with one attached hydrogen (secondary N) is 1. The first-order valence-corrected chi connectivity index (χ1v) is 7.92. The molecule has 0 saturated heterocycles. The fraction of sp³-hybridized carbons (Fsp3) is 0.800. The highest BCUT2D eigenvalue weighted by molar-refractivity contribution is 7.09. The number of hydrogen-bond donors (Lipinski definition) is 2. The van der Waals surface area contributed by atoms with E-state index in [-0.39, 0.29) is 5.41 Å². The summed E-state index contributed by atoms with van der Waals surface area (Å²) in [5, 5.41) is 16.9. The zero-order chi connectivity index (χ0) is 14.7. The van der Waals surface area contributed by atoms with Gasteiger partial charge in [0.1, 0.15) is 0 Å². The molecule has 2 unspecified atom stereocenters. The van der Waals surface area contributed by atoms with Crippen LogP contribution in [0, 0.1) is 5.92 Å². The Balaban J connectivity index is 2.48. The third-order valence-electron chi connectivity index (χ3n) is 3.66. The summed E-state index contributed by atoms with van der Waals surface area (Å²) < 4.78 is 0. The lowest BCUT2D eigenvalue weighted by Crippen LogP contribution is -2.42. The first-order valence-electron chi connectivity index (χ1n) is 7.04. The standard InChI is InChI=1S/C15H28N2OS/c1-7-11(2)15(6,18)10-16-8-12-9-19-13(17-12)14(3,4)5/h9,11,16,18H,7-8,10H2,1-6H3. The predicted octanol–water partition coefficient (Wildman–Crippen LogP) is 3.33. The molecule has 0 aromatic carbocycles. The average molecular weight is 284 g/mol.